The minimum absolute atomic E-state index is 0.613. The number of hydrogen-bond donors (Lipinski definition) is 0. The number of benzene rings is 4. The molecule has 0 amide bonds. The fraction of sp³-hybridized carbons (Fsp3) is 0.231. The molecule has 0 heterocycles. The van der Waals surface area contributed by atoms with Crippen molar-refractivity contribution < 1.29 is 18.9 Å². The van der Waals surface area contributed by atoms with E-state index in [-0.39, 0.29) is 0 Å². The highest BCUT2D eigenvalue weighted by Crippen LogP contribution is 2.41. The molecule has 4 rings (SSSR count). The minimum atomic E-state index is 0.613. The predicted octanol–water partition coefficient (Wildman–Crippen LogP) is 6.01. The summed E-state index contributed by atoms with van der Waals surface area (Å²) in [5.41, 5.74) is 2.43. The van der Waals surface area contributed by atoms with Crippen LogP contribution in [0.4, 0.5) is 0 Å². The highest BCUT2D eigenvalue weighted by molar-refractivity contribution is 6.13. The molecule has 154 valence electrons. The van der Waals surface area contributed by atoms with Crippen LogP contribution in [0.2, 0.25) is 0 Å². The summed E-state index contributed by atoms with van der Waals surface area (Å²) in [6, 6.07) is 20.7. The first kappa shape index (κ1) is 19.9. The Bertz CT molecular complexity index is 1180. The van der Waals surface area contributed by atoms with Crippen molar-refractivity contribution in [3.8, 4) is 23.0 Å². The molecule has 4 aromatic carbocycles. The predicted molar refractivity (Wildman–Crippen MR) is 122 cm³/mol. The van der Waals surface area contributed by atoms with E-state index in [9.17, 15) is 0 Å². The van der Waals surface area contributed by atoms with Gasteiger partial charge in [-0.15, -0.1) is 0 Å². The average molecular weight is 402 g/mol. The molecular weight excluding hydrogens is 376 g/mol. The fourth-order valence-corrected chi connectivity index (χ4v) is 3.96. The topological polar surface area (TPSA) is 36.9 Å². The summed E-state index contributed by atoms with van der Waals surface area (Å²) < 4.78 is 22.4. The molecule has 0 fully saturated rings. The summed E-state index contributed by atoms with van der Waals surface area (Å²) in [5, 5.41) is 4.46. The van der Waals surface area contributed by atoms with Crippen molar-refractivity contribution in [2.75, 3.05) is 27.9 Å². The Balaban J connectivity index is 1.98. The van der Waals surface area contributed by atoms with Gasteiger partial charge in [-0.25, -0.2) is 0 Å². The van der Waals surface area contributed by atoms with E-state index in [0.717, 1.165) is 39.5 Å². The molecule has 0 aromatic heterocycles. The van der Waals surface area contributed by atoms with E-state index >= 15 is 0 Å². The van der Waals surface area contributed by atoms with Gasteiger partial charge in [0.1, 0.15) is 11.5 Å². The molecule has 30 heavy (non-hydrogen) atoms. The Hall–Kier alpha value is -3.40. The van der Waals surface area contributed by atoms with Crippen LogP contribution in [0.15, 0.2) is 60.7 Å². The third-order valence-corrected chi connectivity index (χ3v) is 5.38. The molecule has 0 aliphatic heterocycles. The van der Waals surface area contributed by atoms with E-state index in [0.29, 0.717) is 18.1 Å². The molecule has 4 nitrogen and oxygen atoms in total. The van der Waals surface area contributed by atoms with Crippen molar-refractivity contribution >= 4 is 21.5 Å². The zero-order valence-electron chi connectivity index (χ0n) is 17.8. The van der Waals surface area contributed by atoms with Gasteiger partial charge in [-0.05, 0) is 71.0 Å². The van der Waals surface area contributed by atoms with E-state index < -0.39 is 0 Å². The molecule has 0 aliphatic carbocycles. The first-order chi connectivity index (χ1) is 14.7. The first-order valence-corrected chi connectivity index (χ1v) is 10.0. The Kier molecular flexibility index (Phi) is 5.66. The Morgan fingerprint density at radius 3 is 2.03 bits per heavy atom. The second kappa shape index (κ2) is 8.54. The fourth-order valence-electron chi connectivity index (χ4n) is 3.96. The lowest BCUT2D eigenvalue weighted by Gasteiger charge is -2.17. The quantitative estimate of drug-likeness (QED) is 0.355. The number of rotatable bonds is 7. The Labute approximate surface area is 176 Å². The molecule has 0 spiro atoms. The van der Waals surface area contributed by atoms with E-state index in [2.05, 4.69) is 36.4 Å². The van der Waals surface area contributed by atoms with Crippen molar-refractivity contribution in [1.29, 1.82) is 0 Å². The van der Waals surface area contributed by atoms with Crippen LogP contribution in [0.25, 0.3) is 21.5 Å². The van der Waals surface area contributed by atoms with Gasteiger partial charge in [0.2, 0.25) is 0 Å². The maximum absolute atomic E-state index is 5.96. The highest BCUT2D eigenvalue weighted by Gasteiger charge is 2.15. The lowest BCUT2D eigenvalue weighted by molar-refractivity contribution is 0.344. The van der Waals surface area contributed by atoms with E-state index in [1.807, 2.05) is 31.2 Å². The van der Waals surface area contributed by atoms with Crippen LogP contribution in [0, 0.1) is 0 Å². The lowest BCUT2D eigenvalue weighted by atomic mass is 9.92. The van der Waals surface area contributed by atoms with Crippen LogP contribution in [0.3, 0.4) is 0 Å². The lowest BCUT2D eigenvalue weighted by Crippen LogP contribution is -1.97. The van der Waals surface area contributed by atoms with Crippen LogP contribution in [-0.4, -0.2) is 27.9 Å². The third-order valence-electron chi connectivity index (χ3n) is 5.38. The van der Waals surface area contributed by atoms with Gasteiger partial charge in [0, 0.05) is 5.39 Å². The second-order valence-corrected chi connectivity index (χ2v) is 7.10. The average Bonchev–Trinajstić information content (AvgIpc) is 2.79. The van der Waals surface area contributed by atoms with Gasteiger partial charge in [0.25, 0.3) is 0 Å². The monoisotopic (exact) mass is 402 g/mol. The summed E-state index contributed by atoms with van der Waals surface area (Å²) in [4.78, 5) is 0. The van der Waals surface area contributed by atoms with Crippen LogP contribution >= 0.6 is 0 Å². The first-order valence-electron chi connectivity index (χ1n) is 10.0. The minimum Gasteiger partial charge on any atom is -0.497 e. The summed E-state index contributed by atoms with van der Waals surface area (Å²) in [5.74, 6) is 3.16. The number of hydrogen-bond acceptors (Lipinski definition) is 4. The smallest absolute Gasteiger partial charge is 0.161 e. The van der Waals surface area contributed by atoms with Crippen LogP contribution in [-0.2, 0) is 6.42 Å². The largest absolute Gasteiger partial charge is 0.497 e. The van der Waals surface area contributed by atoms with Crippen LogP contribution < -0.4 is 18.9 Å². The molecule has 0 saturated heterocycles. The molecule has 0 radical (unpaired) electrons. The summed E-state index contributed by atoms with van der Waals surface area (Å²) >= 11 is 0. The van der Waals surface area contributed by atoms with Gasteiger partial charge in [0.05, 0.1) is 27.9 Å². The summed E-state index contributed by atoms with van der Waals surface area (Å²) in [7, 11) is 5.01. The van der Waals surface area contributed by atoms with Gasteiger partial charge in [-0.2, -0.15) is 0 Å². The van der Waals surface area contributed by atoms with Gasteiger partial charge < -0.3 is 18.9 Å². The molecule has 0 atom stereocenters. The molecule has 4 heteroatoms. The zero-order valence-corrected chi connectivity index (χ0v) is 17.8. The van der Waals surface area contributed by atoms with Gasteiger partial charge >= 0.3 is 0 Å². The molecule has 0 unspecified atom stereocenters. The summed E-state index contributed by atoms with van der Waals surface area (Å²) in [6.45, 7) is 2.62. The molecular formula is C26H26O4. The summed E-state index contributed by atoms with van der Waals surface area (Å²) in [6.07, 6.45) is 0.796. The van der Waals surface area contributed by atoms with Crippen molar-refractivity contribution in [3.05, 3.63) is 71.8 Å². The maximum Gasteiger partial charge on any atom is 0.161 e. The van der Waals surface area contributed by atoms with Gasteiger partial charge in [-0.3, -0.25) is 0 Å². The van der Waals surface area contributed by atoms with E-state index in [1.54, 1.807) is 21.3 Å². The van der Waals surface area contributed by atoms with Gasteiger partial charge in [-0.1, -0.05) is 30.3 Å². The third kappa shape index (κ3) is 3.61. The van der Waals surface area contributed by atoms with Crippen LogP contribution in [0.5, 0.6) is 23.0 Å². The van der Waals surface area contributed by atoms with E-state index in [1.165, 1.54) is 11.1 Å². The van der Waals surface area contributed by atoms with Crippen molar-refractivity contribution in [3.63, 3.8) is 0 Å². The van der Waals surface area contributed by atoms with Gasteiger partial charge in [0.15, 0.2) is 11.5 Å². The maximum atomic E-state index is 5.96. The Morgan fingerprint density at radius 2 is 1.40 bits per heavy atom. The Morgan fingerprint density at radius 1 is 0.700 bits per heavy atom. The molecule has 0 aliphatic rings. The zero-order chi connectivity index (χ0) is 21.1. The molecule has 4 aromatic rings. The van der Waals surface area contributed by atoms with E-state index in [4.69, 9.17) is 18.9 Å². The normalized spacial score (nSPS) is 10.9. The highest BCUT2D eigenvalue weighted by atomic mass is 16.5. The molecule has 0 saturated carbocycles. The SMILES string of the molecule is CCOc1cccc2cc(Cc3ccc(OC)cc3)c3cc(OC)c(OC)cc3c12. The standard InChI is InChI=1S/C26H26O4/c1-5-30-23-8-6-7-18-14-19(13-17-9-11-20(27-2)12-10-17)21-15-24(28-3)25(29-4)16-22(21)26(18)23/h6-12,14-16H,5,13H2,1-4H3. The van der Waals surface area contributed by atoms with Crippen molar-refractivity contribution in [1.82, 2.24) is 0 Å². The van der Waals surface area contributed by atoms with Crippen molar-refractivity contribution in [2.45, 2.75) is 13.3 Å². The number of fused-ring (bicyclic) bond motifs is 3. The molecule has 0 N–H and O–H groups in total. The van der Waals surface area contributed by atoms with Crippen molar-refractivity contribution in [2.24, 2.45) is 0 Å². The second-order valence-electron chi connectivity index (χ2n) is 7.10. The number of ether oxygens (including phenoxy) is 4. The number of methoxy groups -OCH3 is 3. The molecule has 0 bridgehead atoms. The van der Waals surface area contributed by atoms with Crippen LogP contribution in [0.1, 0.15) is 18.1 Å².